The number of ether oxygens (including phenoxy) is 1. The molecule has 8 heteroatoms. The molecule has 0 bridgehead atoms. The van der Waals surface area contributed by atoms with Gasteiger partial charge in [-0.25, -0.2) is 4.57 Å². The number of rotatable bonds is 26. The van der Waals surface area contributed by atoms with Gasteiger partial charge in [0.15, 0.2) is 0 Å². The maximum Gasteiger partial charge on any atom is 0.472 e. The number of benzene rings is 1. The Morgan fingerprint density at radius 2 is 1.52 bits per heavy atom. The van der Waals surface area contributed by atoms with Crippen molar-refractivity contribution in [1.29, 1.82) is 0 Å². The molecule has 0 aromatic heterocycles. The van der Waals surface area contributed by atoms with Crippen molar-refractivity contribution < 1.29 is 28.0 Å². The van der Waals surface area contributed by atoms with Crippen LogP contribution in [-0.2, 0) is 24.8 Å². The third kappa shape index (κ3) is 19.8. The van der Waals surface area contributed by atoms with Gasteiger partial charge in [-0.15, -0.1) is 0 Å². The molecule has 3 atom stereocenters. The second-order valence-electron chi connectivity index (χ2n) is 11.5. The first kappa shape index (κ1) is 36.8. The van der Waals surface area contributed by atoms with E-state index in [1.165, 1.54) is 63.4 Å². The van der Waals surface area contributed by atoms with Crippen molar-refractivity contribution in [1.82, 2.24) is 4.90 Å². The molecule has 1 N–H and O–H groups in total. The molecule has 0 aliphatic rings. The molecule has 0 fully saturated rings. The van der Waals surface area contributed by atoms with Gasteiger partial charge in [0, 0.05) is 13.0 Å². The molecule has 1 aromatic carbocycles. The topological polar surface area (TPSA) is 85.3 Å². The zero-order valence-corrected chi connectivity index (χ0v) is 27.0. The van der Waals surface area contributed by atoms with Crippen molar-refractivity contribution >= 4 is 13.6 Å². The van der Waals surface area contributed by atoms with E-state index >= 15 is 0 Å². The minimum atomic E-state index is -4.19. The highest BCUT2D eigenvalue weighted by Crippen LogP contribution is 2.45. The van der Waals surface area contributed by atoms with E-state index in [1.807, 2.05) is 38.1 Å². The summed E-state index contributed by atoms with van der Waals surface area (Å²) in [5.74, 6) is 0.824. The number of aryl methyl sites for hydroxylation is 1. The normalized spacial score (nSPS) is 14.7. The fourth-order valence-corrected chi connectivity index (χ4v) is 5.89. The zero-order valence-electron chi connectivity index (χ0n) is 26.1. The summed E-state index contributed by atoms with van der Waals surface area (Å²) in [5, 5.41) is 0. The van der Waals surface area contributed by atoms with Crippen molar-refractivity contribution in [2.75, 3.05) is 33.9 Å². The van der Waals surface area contributed by atoms with Gasteiger partial charge >= 0.3 is 7.82 Å². The van der Waals surface area contributed by atoms with Gasteiger partial charge in [-0.3, -0.25) is 9.05 Å². The SMILES string of the molecule is CCCCCCCCCCCCOc1ccc(CCCC(COP(=O)(O)OC(CC)CN(C)C)CC(C)=O)cc1. The minimum Gasteiger partial charge on any atom is -0.494 e. The lowest BCUT2D eigenvalue weighted by molar-refractivity contribution is -0.118. The molecule has 1 rings (SSSR count). The average molecular weight is 584 g/mol. The Morgan fingerprint density at radius 1 is 0.925 bits per heavy atom. The summed E-state index contributed by atoms with van der Waals surface area (Å²) in [5.41, 5.74) is 1.21. The smallest absolute Gasteiger partial charge is 0.472 e. The summed E-state index contributed by atoms with van der Waals surface area (Å²) in [6, 6.07) is 8.24. The lowest BCUT2D eigenvalue weighted by Crippen LogP contribution is -2.27. The maximum atomic E-state index is 12.5. The monoisotopic (exact) mass is 583 g/mol. The molecular formula is C32H58NO6P. The van der Waals surface area contributed by atoms with Crippen LogP contribution >= 0.6 is 7.82 Å². The molecule has 3 unspecified atom stereocenters. The summed E-state index contributed by atoms with van der Waals surface area (Å²) in [6.45, 7) is 7.03. The third-order valence-corrected chi connectivity index (χ3v) is 8.16. The summed E-state index contributed by atoms with van der Waals surface area (Å²) in [4.78, 5) is 23.9. The van der Waals surface area contributed by atoms with Crippen LogP contribution in [0.3, 0.4) is 0 Å². The maximum absolute atomic E-state index is 12.5. The van der Waals surface area contributed by atoms with Crippen molar-refractivity contribution in [2.24, 2.45) is 5.92 Å². The summed E-state index contributed by atoms with van der Waals surface area (Å²) < 4.78 is 29.1. The number of Topliss-reactive ketones (excluding diaryl/α,β-unsaturated/α-hetero) is 1. The predicted octanol–water partition coefficient (Wildman–Crippen LogP) is 8.38. The molecule has 1 aromatic rings. The largest absolute Gasteiger partial charge is 0.494 e. The first-order valence-electron chi connectivity index (χ1n) is 15.7. The van der Waals surface area contributed by atoms with E-state index in [2.05, 4.69) is 19.1 Å². The van der Waals surface area contributed by atoms with Gasteiger partial charge in [0.25, 0.3) is 0 Å². The Bertz CT molecular complexity index is 816. The number of phosphoric ester groups is 1. The standard InChI is InChI=1S/C32H58NO6P/c1-6-8-9-10-11-12-13-14-15-16-24-37-32-22-20-29(21-23-32)18-17-19-30(25-28(3)34)27-38-40(35,36)39-31(7-2)26-33(4)5/h20-23,30-31H,6-19,24-27H2,1-5H3,(H,35,36). The predicted molar refractivity (Wildman–Crippen MR) is 165 cm³/mol. The molecule has 0 heterocycles. The van der Waals surface area contributed by atoms with Crippen LogP contribution in [0.2, 0.25) is 0 Å². The van der Waals surface area contributed by atoms with Crippen LogP contribution in [0.1, 0.15) is 116 Å². The lowest BCUT2D eigenvalue weighted by Gasteiger charge is -2.24. The van der Waals surface area contributed by atoms with E-state index in [-0.39, 0.29) is 24.4 Å². The second-order valence-corrected chi connectivity index (χ2v) is 12.9. The van der Waals surface area contributed by atoms with Gasteiger partial charge in [-0.1, -0.05) is 83.8 Å². The fourth-order valence-electron chi connectivity index (χ4n) is 4.84. The Labute approximate surface area is 245 Å². The van der Waals surface area contributed by atoms with Crippen molar-refractivity contribution in [3.8, 4) is 5.75 Å². The van der Waals surface area contributed by atoms with Gasteiger partial charge < -0.3 is 19.3 Å². The van der Waals surface area contributed by atoms with E-state index in [1.54, 1.807) is 6.92 Å². The first-order chi connectivity index (χ1) is 19.1. The first-order valence-corrected chi connectivity index (χ1v) is 17.2. The van der Waals surface area contributed by atoms with Gasteiger partial charge in [-0.2, -0.15) is 0 Å². The molecule has 0 spiro atoms. The number of ketones is 1. The van der Waals surface area contributed by atoms with Crippen LogP contribution in [0.25, 0.3) is 0 Å². The van der Waals surface area contributed by atoms with E-state index in [0.717, 1.165) is 38.0 Å². The number of likely N-dealkylation sites (N-methyl/N-ethyl adjacent to an activating group) is 1. The third-order valence-electron chi connectivity index (χ3n) is 7.12. The molecule has 0 radical (unpaired) electrons. The molecule has 7 nitrogen and oxygen atoms in total. The highest BCUT2D eigenvalue weighted by molar-refractivity contribution is 7.47. The number of carbonyl (C=O) groups excluding carboxylic acids is 1. The van der Waals surface area contributed by atoms with Crippen LogP contribution < -0.4 is 4.74 Å². The van der Waals surface area contributed by atoms with Gasteiger partial charge in [0.1, 0.15) is 11.5 Å². The lowest BCUT2D eigenvalue weighted by atomic mass is 9.96. The van der Waals surface area contributed by atoms with E-state index in [9.17, 15) is 14.3 Å². The quantitative estimate of drug-likeness (QED) is 0.0866. The molecule has 0 aliphatic heterocycles. The number of phosphoric acid groups is 1. The number of hydrogen-bond donors (Lipinski definition) is 1. The Hall–Kier alpha value is -1.24. The highest BCUT2D eigenvalue weighted by atomic mass is 31.2. The van der Waals surface area contributed by atoms with Crippen LogP contribution in [0.15, 0.2) is 24.3 Å². The molecular weight excluding hydrogens is 525 g/mol. The second kappa shape index (κ2) is 22.4. The molecule has 0 saturated heterocycles. The summed E-state index contributed by atoms with van der Waals surface area (Å²) >= 11 is 0. The summed E-state index contributed by atoms with van der Waals surface area (Å²) in [6.07, 6.45) is 16.1. The molecule has 0 aliphatic carbocycles. The Kier molecular flexibility index (Phi) is 20.6. The number of unbranched alkanes of at least 4 members (excludes halogenated alkanes) is 9. The Morgan fingerprint density at radius 3 is 2.08 bits per heavy atom. The zero-order chi connectivity index (χ0) is 29.6. The molecule has 0 saturated carbocycles. The van der Waals surface area contributed by atoms with Crippen LogP contribution in [0, 0.1) is 5.92 Å². The van der Waals surface area contributed by atoms with Gasteiger partial charge in [0.2, 0.25) is 0 Å². The molecule has 0 amide bonds. The van der Waals surface area contributed by atoms with Gasteiger partial charge in [0.05, 0.1) is 19.3 Å². The number of nitrogens with zero attached hydrogens (tertiary/aromatic N) is 1. The van der Waals surface area contributed by atoms with Crippen molar-refractivity contribution in [2.45, 2.75) is 123 Å². The Balaban J connectivity index is 2.31. The van der Waals surface area contributed by atoms with E-state index in [0.29, 0.717) is 19.4 Å². The van der Waals surface area contributed by atoms with Crippen LogP contribution in [0.4, 0.5) is 0 Å². The van der Waals surface area contributed by atoms with Crippen molar-refractivity contribution in [3.05, 3.63) is 29.8 Å². The molecule has 40 heavy (non-hydrogen) atoms. The highest BCUT2D eigenvalue weighted by Gasteiger charge is 2.28. The number of hydrogen-bond acceptors (Lipinski definition) is 6. The van der Waals surface area contributed by atoms with Crippen LogP contribution in [0.5, 0.6) is 5.75 Å². The van der Waals surface area contributed by atoms with E-state index < -0.39 is 7.82 Å². The average Bonchev–Trinajstić information content (AvgIpc) is 2.90. The fraction of sp³-hybridized carbons (Fsp3) is 0.781. The molecule has 232 valence electrons. The summed E-state index contributed by atoms with van der Waals surface area (Å²) in [7, 11) is -0.417. The minimum absolute atomic E-state index is 0.0253. The number of carbonyl (C=O) groups is 1. The van der Waals surface area contributed by atoms with Gasteiger partial charge in [-0.05, 0) is 76.7 Å². The van der Waals surface area contributed by atoms with E-state index in [4.69, 9.17) is 13.8 Å². The van der Waals surface area contributed by atoms with Crippen LogP contribution in [-0.4, -0.2) is 55.5 Å². The van der Waals surface area contributed by atoms with Crippen molar-refractivity contribution in [3.63, 3.8) is 0 Å².